The van der Waals surface area contributed by atoms with E-state index in [1.54, 1.807) is 0 Å². The number of hydrogen-bond donors (Lipinski definition) is 2. The minimum atomic E-state index is -4.97. The van der Waals surface area contributed by atoms with E-state index in [0.717, 1.165) is 36.4 Å². The van der Waals surface area contributed by atoms with E-state index in [1.807, 2.05) is 0 Å². The van der Waals surface area contributed by atoms with Gasteiger partial charge in [-0.05, 0) is 85.4 Å². The number of rotatable bonds is 8. The highest BCUT2D eigenvalue weighted by Crippen LogP contribution is 2.53. The van der Waals surface area contributed by atoms with E-state index in [1.165, 1.54) is 36.4 Å². The zero-order valence-electron chi connectivity index (χ0n) is 21.5. The van der Waals surface area contributed by atoms with Crippen LogP contribution >= 0.6 is 0 Å². The van der Waals surface area contributed by atoms with Gasteiger partial charge in [0.1, 0.15) is 22.8 Å². The molecule has 5 nitrogen and oxygen atoms in total. The van der Waals surface area contributed by atoms with Crippen LogP contribution in [0.25, 0.3) is 0 Å². The maximum absolute atomic E-state index is 12.8. The molecule has 0 radical (unpaired) electrons. The summed E-state index contributed by atoms with van der Waals surface area (Å²) in [4.78, 5) is 0. The molecule has 3 aromatic carbocycles. The standard InChI is InChI=1S/C28H24F9NO4/c29-26(30,31)40-21-7-1-18(2-8-21)17-24(13-15-38-16-14-24)25(39,19-3-9-22(10-4-19)41-27(32,33)34)20-5-11-23(12-6-20)42-28(35,36)37/h1-12,38-39H,13-17H2. The average Bonchev–Trinajstić information content (AvgIpc) is 2.88. The zero-order valence-corrected chi connectivity index (χ0v) is 21.5. The van der Waals surface area contributed by atoms with Crippen molar-refractivity contribution in [2.45, 2.75) is 44.0 Å². The number of ether oxygens (including phenoxy) is 3. The average molecular weight is 609 g/mol. The van der Waals surface area contributed by atoms with Gasteiger partial charge in [-0.25, -0.2) is 0 Å². The number of aliphatic hydroxyl groups is 1. The highest BCUT2D eigenvalue weighted by molar-refractivity contribution is 5.44. The quantitative estimate of drug-likeness (QED) is 0.264. The van der Waals surface area contributed by atoms with Crippen molar-refractivity contribution in [1.29, 1.82) is 0 Å². The zero-order chi connectivity index (χ0) is 30.8. The van der Waals surface area contributed by atoms with Crippen LogP contribution in [0.1, 0.15) is 29.5 Å². The molecule has 1 fully saturated rings. The Bertz CT molecular complexity index is 1250. The third-order valence-electron chi connectivity index (χ3n) is 7.04. The molecule has 0 unspecified atom stereocenters. The van der Waals surface area contributed by atoms with E-state index in [9.17, 15) is 44.6 Å². The molecule has 0 spiro atoms. The van der Waals surface area contributed by atoms with Gasteiger partial charge in [-0.3, -0.25) is 0 Å². The Balaban J connectivity index is 1.80. The first-order chi connectivity index (χ1) is 19.5. The second kappa shape index (κ2) is 11.6. The highest BCUT2D eigenvalue weighted by atomic mass is 19.4. The lowest BCUT2D eigenvalue weighted by Crippen LogP contribution is -2.53. The van der Waals surface area contributed by atoms with Gasteiger partial charge in [0.2, 0.25) is 0 Å². The van der Waals surface area contributed by atoms with Crippen LogP contribution in [0.15, 0.2) is 72.8 Å². The van der Waals surface area contributed by atoms with Crippen molar-refractivity contribution in [1.82, 2.24) is 5.32 Å². The first-order valence-corrected chi connectivity index (χ1v) is 12.5. The Morgan fingerprint density at radius 3 is 1.24 bits per heavy atom. The van der Waals surface area contributed by atoms with Crippen LogP contribution < -0.4 is 19.5 Å². The second-order valence-electron chi connectivity index (χ2n) is 9.75. The van der Waals surface area contributed by atoms with Crippen LogP contribution in [0, 0.1) is 5.41 Å². The number of hydrogen-bond acceptors (Lipinski definition) is 5. The molecule has 3 aromatic rings. The molecule has 228 valence electrons. The molecule has 1 heterocycles. The Morgan fingerprint density at radius 2 is 0.905 bits per heavy atom. The third-order valence-corrected chi connectivity index (χ3v) is 7.04. The predicted molar refractivity (Wildman–Crippen MR) is 131 cm³/mol. The minimum Gasteiger partial charge on any atom is -0.406 e. The van der Waals surface area contributed by atoms with Gasteiger partial charge < -0.3 is 24.6 Å². The van der Waals surface area contributed by atoms with Crippen molar-refractivity contribution < 1.29 is 58.8 Å². The van der Waals surface area contributed by atoms with Crippen LogP contribution in [-0.4, -0.2) is 37.3 Å². The van der Waals surface area contributed by atoms with Crippen molar-refractivity contribution in [3.05, 3.63) is 89.5 Å². The molecule has 42 heavy (non-hydrogen) atoms. The van der Waals surface area contributed by atoms with E-state index in [0.29, 0.717) is 18.7 Å². The van der Waals surface area contributed by atoms with E-state index >= 15 is 0 Å². The molecule has 4 rings (SSSR count). The summed E-state index contributed by atoms with van der Waals surface area (Å²) >= 11 is 0. The molecule has 0 amide bonds. The van der Waals surface area contributed by atoms with E-state index in [2.05, 4.69) is 19.5 Å². The minimum absolute atomic E-state index is 0.0824. The predicted octanol–water partition coefficient (Wildman–Crippen LogP) is 7.23. The summed E-state index contributed by atoms with van der Waals surface area (Å²) in [6.45, 7) is 0.782. The fourth-order valence-corrected chi connectivity index (χ4v) is 5.35. The van der Waals surface area contributed by atoms with Gasteiger partial charge in [0.25, 0.3) is 0 Å². The van der Waals surface area contributed by atoms with Gasteiger partial charge in [0, 0.05) is 5.41 Å². The molecule has 0 saturated carbocycles. The molecular formula is C28H24F9NO4. The Labute approximate surface area is 233 Å². The number of benzene rings is 3. The van der Waals surface area contributed by atoms with Gasteiger partial charge >= 0.3 is 19.1 Å². The fourth-order valence-electron chi connectivity index (χ4n) is 5.35. The van der Waals surface area contributed by atoms with Crippen LogP contribution in [0.4, 0.5) is 39.5 Å². The first-order valence-electron chi connectivity index (χ1n) is 12.5. The van der Waals surface area contributed by atoms with E-state index in [4.69, 9.17) is 0 Å². The molecule has 0 aromatic heterocycles. The van der Waals surface area contributed by atoms with Crippen LogP contribution in [0.5, 0.6) is 17.2 Å². The maximum Gasteiger partial charge on any atom is 0.573 e. The monoisotopic (exact) mass is 609 g/mol. The Morgan fingerprint density at radius 1 is 0.571 bits per heavy atom. The van der Waals surface area contributed by atoms with Gasteiger partial charge in [0.05, 0.1) is 0 Å². The van der Waals surface area contributed by atoms with Crippen LogP contribution in [0.2, 0.25) is 0 Å². The Hall–Kier alpha value is -3.65. The number of alkyl halides is 9. The summed E-state index contributed by atoms with van der Waals surface area (Å²) in [5, 5.41) is 15.8. The first kappa shape index (κ1) is 31.3. The number of halogens is 9. The van der Waals surface area contributed by atoms with Crippen LogP contribution in [0.3, 0.4) is 0 Å². The van der Waals surface area contributed by atoms with Gasteiger partial charge in [-0.15, -0.1) is 39.5 Å². The van der Waals surface area contributed by atoms with E-state index in [-0.39, 0.29) is 30.4 Å². The summed E-state index contributed by atoms with van der Waals surface area (Å²) in [7, 11) is 0. The second-order valence-corrected chi connectivity index (χ2v) is 9.75. The molecule has 2 N–H and O–H groups in total. The molecule has 1 aliphatic rings. The van der Waals surface area contributed by atoms with Crippen LogP contribution in [-0.2, 0) is 12.0 Å². The number of piperidine rings is 1. The van der Waals surface area contributed by atoms with Crippen molar-refractivity contribution >= 4 is 0 Å². The highest BCUT2D eigenvalue weighted by Gasteiger charge is 2.53. The third kappa shape index (κ3) is 7.59. The fraction of sp³-hybridized carbons (Fsp3) is 0.357. The van der Waals surface area contributed by atoms with Gasteiger partial charge in [-0.1, -0.05) is 36.4 Å². The van der Waals surface area contributed by atoms with E-state index < -0.39 is 47.4 Å². The molecule has 1 aliphatic heterocycles. The molecule has 0 atom stereocenters. The number of nitrogens with one attached hydrogen (secondary N) is 1. The van der Waals surface area contributed by atoms with Gasteiger partial charge in [0.15, 0.2) is 0 Å². The topological polar surface area (TPSA) is 60.0 Å². The SMILES string of the molecule is OC(c1ccc(OC(F)(F)F)cc1)(c1ccc(OC(F)(F)F)cc1)C1(Cc2ccc(OC(F)(F)F)cc2)CCNCC1. The van der Waals surface area contributed by atoms with Crippen molar-refractivity contribution in [2.75, 3.05) is 13.1 Å². The van der Waals surface area contributed by atoms with Gasteiger partial charge in [-0.2, -0.15) is 0 Å². The Kier molecular flexibility index (Phi) is 8.61. The summed E-state index contributed by atoms with van der Waals surface area (Å²) in [5.41, 5.74) is -2.35. The summed E-state index contributed by atoms with van der Waals surface area (Å²) < 4.78 is 126. The van der Waals surface area contributed by atoms with Crippen molar-refractivity contribution in [3.63, 3.8) is 0 Å². The molecule has 1 saturated heterocycles. The smallest absolute Gasteiger partial charge is 0.406 e. The summed E-state index contributed by atoms with van der Waals surface area (Å²) in [6, 6.07) is 14.0. The molecule has 0 aliphatic carbocycles. The molecule has 0 bridgehead atoms. The summed E-state index contributed by atoms with van der Waals surface area (Å²) in [6.07, 6.45) is -14.2. The lowest BCUT2D eigenvalue weighted by Gasteiger charge is -2.51. The molecular weight excluding hydrogens is 585 g/mol. The summed E-state index contributed by atoms with van der Waals surface area (Å²) in [5.74, 6) is -1.56. The lowest BCUT2D eigenvalue weighted by atomic mass is 9.58. The van der Waals surface area contributed by atoms with Crippen molar-refractivity contribution in [2.24, 2.45) is 5.41 Å². The molecule has 14 heteroatoms. The lowest BCUT2D eigenvalue weighted by molar-refractivity contribution is -0.275. The largest absolute Gasteiger partial charge is 0.573 e. The maximum atomic E-state index is 12.8. The van der Waals surface area contributed by atoms with Crippen molar-refractivity contribution in [3.8, 4) is 17.2 Å². The normalized spacial score (nSPS) is 16.1.